The van der Waals surface area contributed by atoms with E-state index in [4.69, 9.17) is 24.5 Å². The van der Waals surface area contributed by atoms with Gasteiger partial charge in [-0.2, -0.15) is 0 Å². The molecule has 0 spiro atoms. The second kappa shape index (κ2) is 9.01. The first-order valence-electron chi connectivity index (χ1n) is 11.6. The van der Waals surface area contributed by atoms with Crippen LogP contribution >= 0.6 is 0 Å². The lowest BCUT2D eigenvalue weighted by atomic mass is 9.98. The molecular weight excluding hydrogens is 392 g/mol. The third-order valence-electron chi connectivity index (χ3n) is 6.73. The van der Waals surface area contributed by atoms with Gasteiger partial charge < -0.3 is 19.5 Å². The highest BCUT2D eigenvalue weighted by molar-refractivity contribution is 5.43. The van der Waals surface area contributed by atoms with Gasteiger partial charge in [0.25, 0.3) is 0 Å². The minimum atomic E-state index is -0.00852. The van der Waals surface area contributed by atoms with Crippen LogP contribution in [-0.2, 0) is 13.0 Å². The van der Waals surface area contributed by atoms with Crippen molar-refractivity contribution in [2.45, 2.75) is 57.7 Å². The van der Waals surface area contributed by atoms with Crippen molar-refractivity contribution in [3.63, 3.8) is 0 Å². The van der Waals surface area contributed by atoms with Gasteiger partial charge in [0.2, 0.25) is 5.95 Å². The van der Waals surface area contributed by atoms with E-state index in [1.54, 1.807) is 0 Å². The molecular formula is C24H32N4O3. The van der Waals surface area contributed by atoms with Gasteiger partial charge in [-0.1, -0.05) is 6.07 Å². The first-order chi connectivity index (χ1) is 15.3. The smallest absolute Gasteiger partial charge is 0.225 e. The minimum Gasteiger partial charge on any atom is -0.490 e. The monoisotopic (exact) mass is 424 g/mol. The molecule has 7 heteroatoms. The van der Waals surface area contributed by atoms with Gasteiger partial charge in [-0.15, -0.1) is 0 Å². The first kappa shape index (κ1) is 20.5. The standard InChI is InChI=1S/C24H32N4O3/c1-2-30-23-13-17(5-8-22(23)31-12-11-29)16-28-18-6-7-21(28)19-15-25-24(26-20(19)14-18)27-9-3-4-10-27/h5,8,13,15,18,21,29H,2-4,6-7,9-12,14,16H2,1H3/t18-,21-/m1/s1. The molecule has 5 rings (SSSR count). The number of anilines is 1. The molecule has 31 heavy (non-hydrogen) atoms. The van der Waals surface area contributed by atoms with Crippen molar-refractivity contribution in [3.8, 4) is 11.5 Å². The van der Waals surface area contributed by atoms with Crippen LogP contribution in [0.4, 0.5) is 5.95 Å². The number of rotatable bonds is 8. The van der Waals surface area contributed by atoms with Crippen LogP contribution in [0.2, 0.25) is 0 Å². The molecule has 1 N–H and O–H groups in total. The van der Waals surface area contributed by atoms with Crippen LogP contribution in [0.3, 0.4) is 0 Å². The van der Waals surface area contributed by atoms with E-state index in [0.717, 1.165) is 37.8 Å². The molecule has 2 atom stereocenters. The first-order valence-corrected chi connectivity index (χ1v) is 11.6. The van der Waals surface area contributed by atoms with Gasteiger partial charge >= 0.3 is 0 Å². The highest BCUT2D eigenvalue weighted by Crippen LogP contribution is 2.44. The summed E-state index contributed by atoms with van der Waals surface area (Å²) in [7, 11) is 0. The molecule has 2 fully saturated rings. The number of aromatic nitrogens is 2. The van der Waals surface area contributed by atoms with Crippen molar-refractivity contribution in [2.24, 2.45) is 0 Å². The Labute approximate surface area is 184 Å². The van der Waals surface area contributed by atoms with E-state index >= 15 is 0 Å². The van der Waals surface area contributed by atoms with E-state index < -0.39 is 0 Å². The maximum Gasteiger partial charge on any atom is 0.225 e. The Morgan fingerprint density at radius 3 is 2.81 bits per heavy atom. The Kier molecular flexibility index (Phi) is 5.96. The van der Waals surface area contributed by atoms with Crippen molar-refractivity contribution in [3.05, 3.63) is 41.2 Å². The van der Waals surface area contributed by atoms with Crippen molar-refractivity contribution < 1.29 is 14.6 Å². The fraction of sp³-hybridized carbons (Fsp3) is 0.583. The number of nitrogens with zero attached hydrogens (tertiary/aromatic N) is 4. The maximum absolute atomic E-state index is 9.06. The average molecular weight is 425 g/mol. The summed E-state index contributed by atoms with van der Waals surface area (Å²) in [6.07, 6.45) is 7.95. The largest absolute Gasteiger partial charge is 0.490 e. The van der Waals surface area contributed by atoms with Crippen molar-refractivity contribution in [1.82, 2.24) is 14.9 Å². The molecule has 2 saturated heterocycles. The van der Waals surface area contributed by atoms with E-state index in [2.05, 4.69) is 28.1 Å². The molecule has 3 aliphatic heterocycles. The van der Waals surface area contributed by atoms with Crippen molar-refractivity contribution in [1.29, 1.82) is 0 Å². The van der Waals surface area contributed by atoms with Gasteiger partial charge in [0.05, 0.1) is 18.9 Å². The Balaban J connectivity index is 1.35. The minimum absolute atomic E-state index is 0.00852. The third kappa shape index (κ3) is 4.08. The topological polar surface area (TPSA) is 71.0 Å². The van der Waals surface area contributed by atoms with Crippen LogP contribution in [0.5, 0.6) is 11.5 Å². The maximum atomic E-state index is 9.06. The second-order valence-corrected chi connectivity index (χ2v) is 8.68. The van der Waals surface area contributed by atoms with Crippen LogP contribution < -0.4 is 14.4 Å². The zero-order valence-corrected chi connectivity index (χ0v) is 18.3. The summed E-state index contributed by atoms with van der Waals surface area (Å²) < 4.78 is 11.4. The Morgan fingerprint density at radius 1 is 1.13 bits per heavy atom. The van der Waals surface area contributed by atoms with E-state index in [0.29, 0.717) is 24.4 Å². The lowest BCUT2D eigenvalue weighted by Crippen LogP contribution is -2.38. The van der Waals surface area contributed by atoms with Gasteiger partial charge in [0.1, 0.15) is 6.61 Å². The van der Waals surface area contributed by atoms with Crippen LogP contribution in [0.15, 0.2) is 24.4 Å². The van der Waals surface area contributed by atoms with Gasteiger partial charge in [-0.3, -0.25) is 4.90 Å². The molecule has 2 aromatic rings. The zero-order valence-electron chi connectivity index (χ0n) is 18.3. The molecule has 0 amide bonds. The predicted molar refractivity (Wildman–Crippen MR) is 119 cm³/mol. The summed E-state index contributed by atoms with van der Waals surface area (Å²) in [6.45, 7) is 5.86. The molecule has 0 aliphatic carbocycles. The highest BCUT2D eigenvalue weighted by Gasteiger charge is 2.41. The lowest BCUT2D eigenvalue weighted by Gasteiger charge is -2.36. The highest BCUT2D eigenvalue weighted by atomic mass is 16.5. The summed E-state index contributed by atoms with van der Waals surface area (Å²) in [5, 5.41) is 9.06. The number of aliphatic hydroxyl groups excluding tert-OH is 1. The van der Waals surface area contributed by atoms with Gasteiger partial charge in [-0.25, -0.2) is 9.97 Å². The molecule has 1 aromatic carbocycles. The fourth-order valence-corrected chi connectivity index (χ4v) is 5.28. The number of ether oxygens (including phenoxy) is 2. The van der Waals surface area contributed by atoms with Crippen LogP contribution in [0, 0.1) is 0 Å². The second-order valence-electron chi connectivity index (χ2n) is 8.68. The van der Waals surface area contributed by atoms with Gasteiger partial charge in [0.15, 0.2) is 11.5 Å². The molecule has 7 nitrogen and oxygen atoms in total. The number of fused-ring (bicyclic) bond motifs is 4. The van der Waals surface area contributed by atoms with Crippen molar-refractivity contribution in [2.75, 3.05) is 37.8 Å². The third-order valence-corrected chi connectivity index (χ3v) is 6.73. The zero-order chi connectivity index (χ0) is 21.2. The van der Waals surface area contributed by atoms with E-state index in [-0.39, 0.29) is 13.2 Å². The SMILES string of the molecule is CCOc1cc(CN2[C@@H]3CC[C@@H]2c2cnc(N4CCCC4)nc2C3)ccc1OCCO. The van der Waals surface area contributed by atoms with E-state index in [1.807, 2.05) is 13.0 Å². The summed E-state index contributed by atoms with van der Waals surface area (Å²) >= 11 is 0. The molecule has 0 unspecified atom stereocenters. The molecule has 1 aromatic heterocycles. The van der Waals surface area contributed by atoms with E-state index in [1.165, 1.54) is 42.5 Å². The molecule has 3 aliphatic rings. The number of aliphatic hydroxyl groups is 1. The Bertz CT molecular complexity index is 916. The normalized spacial score (nSPS) is 22.6. The molecule has 166 valence electrons. The summed E-state index contributed by atoms with van der Waals surface area (Å²) in [5.41, 5.74) is 3.78. The van der Waals surface area contributed by atoms with Crippen LogP contribution in [0.25, 0.3) is 0 Å². The lowest BCUT2D eigenvalue weighted by molar-refractivity contribution is 0.165. The Hall–Kier alpha value is -2.38. The van der Waals surface area contributed by atoms with Crippen molar-refractivity contribution >= 4 is 5.95 Å². The molecule has 0 radical (unpaired) electrons. The predicted octanol–water partition coefficient (Wildman–Crippen LogP) is 3.11. The summed E-state index contributed by atoms with van der Waals surface area (Å²) in [5.74, 6) is 2.36. The Morgan fingerprint density at radius 2 is 2.00 bits per heavy atom. The molecule has 0 saturated carbocycles. The van der Waals surface area contributed by atoms with Gasteiger partial charge in [-0.05, 0) is 50.3 Å². The summed E-state index contributed by atoms with van der Waals surface area (Å²) in [6, 6.07) is 7.07. The molecule has 4 heterocycles. The molecule has 2 bridgehead atoms. The number of hydrogen-bond acceptors (Lipinski definition) is 7. The van der Waals surface area contributed by atoms with Crippen LogP contribution in [0.1, 0.15) is 55.5 Å². The fourth-order valence-electron chi connectivity index (χ4n) is 5.28. The van der Waals surface area contributed by atoms with Crippen LogP contribution in [-0.4, -0.2) is 58.9 Å². The summed E-state index contributed by atoms with van der Waals surface area (Å²) in [4.78, 5) is 14.7. The number of hydrogen-bond donors (Lipinski definition) is 1. The number of benzene rings is 1. The quantitative estimate of drug-likeness (QED) is 0.698. The van der Waals surface area contributed by atoms with Gasteiger partial charge in [0, 0.05) is 49.9 Å². The average Bonchev–Trinajstić information content (AvgIpc) is 3.41. The van der Waals surface area contributed by atoms with E-state index in [9.17, 15) is 0 Å².